The fraction of sp³-hybridized carbons (Fsp3) is 0.300. The highest BCUT2D eigenvalue weighted by molar-refractivity contribution is 5.48. The summed E-state index contributed by atoms with van der Waals surface area (Å²) in [6.45, 7) is 5.69. The summed E-state index contributed by atoms with van der Waals surface area (Å²) < 4.78 is 10.9. The van der Waals surface area contributed by atoms with Gasteiger partial charge in [0.1, 0.15) is 18.1 Å². The van der Waals surface area contributed by atoms with Crippen molar-refractivity contribution in [1.82, 2.24) is 4.90 Å². The van der Waals surface area contributed by atoms with E-state index >= 15 is 0 Å². The quantitative estimate of drug-likeness (QED) is 0.695. The molecule has 23 heavy (non-hydrogen) atoms. The van der Waals surface area contributed by atoms with Crippen LogP contribution in [0.4, 0.5) is 0 Å². The number of benzene rings is 2. The van der Waals surface area contributed by atoms with E-state index in [1.165, 1.54) is 5.56 Å². The maximum atomic E-state index is 5.78. The third kappa shape index (κ3) is 6.17. The average molecular weight is 311 g/mol. The first-order valence-corrected chi connectivity index (χ1v) is 8.02. The van der Waals surface area contributed by atoms with Crippen molar-refractivity contribution in [3.8, 4) is 11.5 Å². The molecule has 0 saturated heterocycles. The third-order valence-electron chi connectivity index (χ3n) is 3.66. The summed E-state index contributed by atoms with van der Waals surface area (Å²) in [5.74, 6) is 1.72. The summed E-state index contributed by atoms with van der Waals surface area (Å²) >= 11 is 0. The molecule has 2 rings (SSSR count). The lowest BCUT2D eigenvalue weighted by Crippen LogP contribution is -2.28. The van der Waals surface area contributed by atoms with Gasteiger partial charge in [0.15, 0.2) is 0 Å². The minimum Gasteiger partial charge on any atom is -0.497 e. The molecule has 0 N–H and O–H groups in total. The van der Waals surface area contributed by atoms with Crippen LogP contribution in [0.2, 0.25) is 0 Å². The van der Waals surface area contributed by atoms with Crippen LogP contribution in [0.15, 0.2) is 60.7 Å². The number of methoxy groups -OCH3 is 1. The fourth-order valence-electron chi connectivity index (χ4n) is 2.25. The number of rotatable bonds is 9. The molecule has 3 heteroatoms. The van der Waals surface area contributed by atoms with Crippen LogP contribution in [0.5, 0.6) is 11.5 Å². The van der Waals surface area contributed by atoms with Gasteiger partial charge in [-0.3, -0.25) is 4.90 Å². The van der Waals surface area contributed by atoms with Gasteiger partial charge in [0, 0.05) is 13.1 Å². The zero-order valence-corrected chi connectivity index (χ0v) is 13.9. The number of ether oxygens (including phenoxy) is 2. The summed E-state index contributed by atoms with van der Waals surface area (Å²) in [4.78, 5) is 2.35. The Bertz CT molecular complexity index is 578. The molecule has 122 valence electrons. The second kappa shape index (κ2) is 9.70. The van der Waals surface area contributed by atoms with Crippen LogP contribution in [0.3, 0.4) is 0 Å². The first kappa shape index (κ1) is 17.1. The molecule has 0 atom stereocenters. The monoisotopic (exact) mass is 311 g/mol. The minimum atomic E-state index is 0.680. The van der Waals surface area contributed by atoms with Crippen LogP contribution in [0.1, 0.15) is 12.5 Å². The molecule has 0 unspecified atom stereocenters. The standard InChI is InChI=1S/C20H25NO2/c1-3-21(15-7-10-18-8-5-4-6-9-18)16-17-23-20-13-11-19(22-2)12-14-20/h4-14H,3,15-17H2,1-2H3/b10-7+. The highest BCUT2D eigenvalue weighted by atomic mass is 16.5. The van der Waals surface area contributed by atoms with E-state index in [0.717, 1.165) is 31.1 Å². The van der Waals surface area contributed by atoms with E-state index in [2.05, 4.69) is 48.2 Å². The summed E-state index contributed by atoms with van der Waals surface area (Å²) in [7, 11) is 1.66. The predicted octanol–water partition coefficient (Wildman–Crippen LogP) is 4.11. The highest BCUT2D eigenvalue weighted by Gasteiger charge is 2.01. The number of likely N-dealkylation sites (N-methyl/N-ethyl adjacent to an activating group) is 1. The largest absolute Gasteiger partial charge is 0.497 e. The summed E-state index contributed by atoms with van der Waals surface area (Å²) in [5.41, 5.74) is 1.23. The number of nitrogens with zero attached hydrogens (tertiary/aromatic N) is 1. The fourth-order valence-corrected chi connectivity index (χ4v) is 2.25. The molecule has 0 spiro atoms. The molecule has 0 saturated carbocycles. The SMILES string of the molecule is CCN(C/C=C/c1ccccc1)CCOc1ccc(OC)cc1. The van der Waals surface area contributed by atoms with Gasteiger partial charge in [-0.1, -0.05) is 49.4 Å². The van der Waals surface area contributed by atoms with Crippen molar-refractivity contribution in [3.63, 3.8) is 0 Å². The minimum absolute atomic E-state index is 0.680. The topological polar surface area (TPSA) is 21.7 Å². The van der Waals surface area contributed by atoms with Crippen molar-refractivity contribution in [2.24, 2.45) is 0 Å². The molecule has 2 aromatic carbocycles. The van der Waals surface area contributed by atoms with Crippen LogP contribution in [-0.4, -0.2) is 38.3 Å². The van der Waals surface area contributed by atoms with Crippen molar-refractivity contribution in [1.29, 1.82) is 0 Å². The van der Waals surface area contributed by atoms with Gasteiger partial charge in [-0.05, 0) is 36.4 Å². The van der Waals surface area contributed by atoms with Crippen LogP contribution in [0, 0.1) is 0 Å². The van der Waals surface area contributed by atoms with Gasteiger partial charge >= 0.3 is 0 Å². The second-order valence-electron chi connectivity index (χ2n) is 5.23. The summed E-state index contributed by atoms with van der Waals surface area (Å²) in [6, 6.07) is 18.1. The zero-order valence-electron chi connectivity index (χ0n) is 13.9. The van der Waals surface area contributed by atoms with Gasteiger partial charge in [-0.2, -0.15) is 0 Å². The zero-order chi connectivity index (χ0) is 16.3. The van der Waals surface area contributed by atoms with Crippen molar-refractivity contribution >= 4 is 6.08 Å². The number of hydrogen-bond donors (Lipinski definition) is 0. The Morgan fingerprint density at radius 2 is 1.65 bits per heavy atom. The van der Waals surface area contributed by atoms with E-state index in [1.807, 2.05) is 30.3 Å². The smallest absolute Gasteiger partial charge is 0.119 e. The Labute approximate surface area is 139 Å². The highest BCUT2D eigenvalue weighted by Crippen LogP contribution is 2.16. The van der Waals surface area contributed by atoms with Crippen LogP contribution in [0.25, 0.3) is 6.08 Å². The molecule has 0 heterocycles. The molecule has 0 bridgehead atoms. The van der Waals surface area contributed by atoms with E-state index in [1.54, 1.807) is 7.11 Å². The molecule has 2 aromatic rings. The predicted molar refractivity (Wildman–Crippen MR) is 96.1 cm³/mol. The lowest BCUT2D eigenvalue weighted by atomic mass is 10.2. The first-order valence-electron chi connectivity index (χ1n) is 8.02. The molecule has 0 aliphatic heterocycles. The van der Waals surface area contributed by atoms with Crippen molar-refractivity contribution < 1.29 is 9.47 Å². The van der Waals surface area contributed by atoms with Crippen molar-refractivity contribution in [2.45, 2.75) is 6.92 Å². The molecule has 0 radical (unpaired) electrons. The Morgan fingerprint density at radius 3 is 2.30 bits per heavy atom. The van der Waals surface area contributed by atoms with E-state index < -0.39 is 0 Å². The van der Waals surface area contributed by atoms with Crippen LogP contribution >= 0.6 is 0 Å². The molecule has 0 fully saturated rings. The Hall–Kier alpha value is -2.26. The molecule has 0 amide bonds. The van der Waals surface area contributed by atoms with E-state index in [0.29, 0.717) is 6.61 Å². The van der Waals surface area contributed by atoms with Gasteiger partial charge in [-0.25, -0.2) is 0 Å². The maximum Gasteiger partial charge on any atom is 0.119 e. The van der Waals surface area contributed by atoms with Crippen LogP contribution < -0.4 is 9.47 Å². The second-order valence-corrected chi connectivity index (χ2v) is 5.23. The van der Waals surface area contributed by atoms with E-state index in [-0.39, 0.29) is 0 Å². The Morgan fingerprint density at radius 1 is 0.957 bits per heavy atom. The van der Waals surface area contributed by atoms with E-state index in [4.69, 9.17) is 9.47 Å². The summed E-state index contributed by atoms with van der Waals surface area (Å²) in [6.07, 6.45) is 4.36. The third-order valence-corrected chi connectivity index (χ3v) is 3.66. The lowest BCUT2D eigenvalue weighted by Gasteiger charge is -2.18. The lowest BCUT2D eigenvalue weighted by molar-refractivity contribution is 0.229. The van der Waals surface area contributed by atoms with Gasteiger partial charge in [0.25, 0.3) is 0 Å². The first-order chi connectivity index (χ1) is 11.3. The van der Waals surface area contributed by atoms with Crippen LogP contribution in [-0.2, 0) is 0 Å². The van der Waals surface area contributed by atoms with Crippen molar-refractivity contribution in [2.75, 3.05) is 33.4 Å². The Balaban J connectivity index is 1.72. The van der Waals surface area contributed by atoms with Gasteiger partial charge in [0.2, 0.25) is 0 Å². The summed E-state index contributed by atoms with van der Waals surface area (Å²) in [5, 5.41) is 0. The molecule has 0 aliphatic carbocycles. The molecule has 3 nitrogen and oxygen atoms in total. The average Bonchev–Trinajstić information content (AvgIpc) is 2.62. The molecular formula is C20H25NO2. The molecule has 0 aliphatic rings. The molecule has 0 aromatic heterocycles. The maximum absolute atomic E-state index is 5.78. The van der Waals surface area contributed by atoms with E-state index in [9.17, 15) is 0 Å². The van der Waals surface area contributed by atoms with Crippen molar-refractivity contribution in [3.05, 3.63) is 66.2 Å². The molecular weight excluding hydrogens is 286 g/mol. The van der Waals surface area contributed by atoms with Gasteiger partial charge < -0.3 is 9.47 Å². The van der Waals surface area contributed by atoms with Gasteiger partial charge in [0.05, 0.1) is 7.11 Å². The normalized spacial score (nSPS) is 11.1. The van der Waals surface area contributed by atoms with Gasteiger partial charge in [-0.15, -0.1) is 0 Å². The number of hydrogen-bond acceptors (Lipinski definition) is 3. The Kier molecular flexibility index (Phi) is 7.21.